The van der Waals surface area contributed by atoms with Crippen molar-refractivity contribution in [3.8, 4) is 11.5 Å². The van der Waals surface area contributed by atoms with Crippen LogP contribution in [0, 0.1) is 5.82 Å². The minimum atomic E-state index is -0.340. The molecule has 4 nitrogen and oxygen atoms in total. The molecular weight excluding hydrogens is 297 g/mol. The lowest BCUT2D eigenvalue weighted by Crippen LogP contribution is -2.32. The minimum absolute atomic E-state index is 0.0924. The second-order valence-electron chi connectivity index (χ2n) is 5.04. The van der Waals surface area contributed by atoms with Gasteiger partial charge in [0, 0.05) is 0 Å². The fourth-order valence-corrected chi connectivity index (χ4v) is 2.17. The van der Waals surface area contributed by atoms with Crippen molar-refractivity contribution in [3.63, 3.8) is 0 Å². The van der Waals surface area contributed by atoms with Crippen LogP contribution in [0.25, 0.3) is 0 Å². The highest BCUT2D eigenvalue weighted by molar-refractivity contribution is 5.78. The van der Waals surface area contributed by atoms with E-state index in [1.165, 1.54) is 24.3 Å². The van der Waals surface area contributed by atoms with Crippen LogP contribution in [0.3, 0.4) is 0 Å². The molecule has 1 N–H and O–H groups in total. The lowest BCUT2D eigenvalue weighted by molar-refractivity contribution is -0.123. The number of carbonyl (C=O) groups excluding carboxylic acids is 1. The molecule has 5 heteroatoms. The summed E-state index contributed by atoms with van der Waals surface area (Å²) >= 11 is 0. The van der Waals surface area contributed by atoms with Crippen LogP contribution in [-0.4, -0.2) is 19.6 Å². The maximum absolute atomic E-state index is 12.8. The Labute approximate surface area is 135 Å². The molecular formula is C18H20FNO3. The van der Waals surface area contributed by atoms with Crippen molar-refractivity contribution in [1.29, 1.82) is 0 Å². The van der Waals surface area contributed by atoms with Crippen LogP contribution in [0.15, 0.2) is 48.5 Å². The zero-order valence-electron chi connectivity index (χ0n) is 13.2. The Hall–Kier alpha value is -2.56. The molecule has 23 heavy (non-hydrogen) atoms. The van der Waals surface area contributed by atoms with Gasteiger partial charge in [-0.15, -0.1) is 0 Å². The van der Waals surface area contributed by atoms with E-state index in [2.05, 4.69) is 5.32 Å². The number of nitrogens with one attached hydrogen (secondary N) is 1. The summed E-state index contributed by atoms with van der Waals surface area (Å²) in [5.74, 6) is 0.665. The second kappa shape index (κ2) is 8.17. The first-order chi connectivity index (χ1) is 11.1. The SMILES string of the molecule is CCC(NC(=O)COc1ccc(F)cc1)c1ccc(OC)cc1. The number of hydrogen-bond acceptors (Lipinski definition) is 3. The highest BCUT2D eigenvalue weighted by Crippen LogP contribution is 2.20. The predicted octanol–water partition coefficient (Wildman–Crippen LogP) is 3.48. The molecule has 0 heterocycles. The predicted molar refractivity (Wildman–Crippen MR) is 86.1 cm³/mol. The molecule has 0 saturated carbocycles. The molecule has 0 aliphatic heterocycles. The normalized spacial score (nSPS) is 11.6. The van der Waals surface area contributed by atoms with E-state index in [1.54, 1.807) is 7.11 Å². The lowest BCUT2D eigenvalue weighted by Gasteiger charge is -2.18. The van der Waals surface area contributed by atoms with E-state index in [9.17, 15) is 9.18 Å². The molecule has 0 aliphatic carbocycles. The lowest BCUT2D eigenvalue weighted by atomic mass is 10.0. The summed E-state index contributed by atoms with van der Waals surface area (Å²) in [7, 11) is 1.61. The molecule has 1 unspecified atom stereocenters. The second-order valence-corrected chi connectivity index (χ2v) is 5.04. The molecule has 0 saturated heterocycles. The fourth-order valence-electron chi connectivity index (χ4n) is 2.17. The van der Waals surface area contributed by atoms with Crippen molar-refractivity contribution in [2.45, 2.75) is 19.4 Å². The van der Waals surface area contributed by atoms with Crippen molar-refractivity contribution in [1.82, 2.24) is 5.32 Å². The average molecular weight is 317 g/mol. The van der Waals surface area contributed by atoms with Gasteiger partial charge >= 0.3 is 0 Å². The maximum atomic E-state index is 12.8. The number of amides is 1. The zero-order valence-corrected chi connectivity index (χ0v) is 13.2. The number of methoxy groups -OCH3 is 1. The topological polar surface area (TPSA) is 47.6 Å². The standard InChI is InChI=1S/C18H20FNO3/c1-3-17(13-4-8-15(22-2)9-5-13)20-18(21)12-23-16-10-6-14(19)7-11-16/h4-11,17H,3,12H2,1-2H3,(H,20,21). The third kappa shape index (κ3) is 4.98. The van der Waals surface area contributed by atoms with Gasteiger partial charge in [-0.1, -0.05) is 19.1 Å². The van der Waals surface area contributed by atoms with E-state index in [4.69, 9.17) is 9.47 Å². The van der Waals surface area contributed by atoms with Gasteiger partial charge in [-0.2, -0.15) is 0 Å². The highest BCUT2D eigenvalue weighted by Gasteiger charge is 2.13. The number of rotatable bonds is 7. The van der Waals surface area contributed by atoms with Crippen LogP contribution in [0.5, 0.6) is 11.5 Å². The Morgan fingerprint density at radius 2 is 1.70 bits per heavy atom. The number of benzene rings is 2. The van der Waals surface area contributed by atoms with Gasteiger partial charge in [0.1, 0.15) is 17.3 Å². The van der Waals surface area contributed by atoms with E-state index >= 15 is 0 Å². The Balaban J connectivity index is 1.89. The Kier molecular flexibility index (Phi) is 5.97. The summed E-state index contributed by atoms with van der Waals surface area (Å²) in [5, 5.41) is 2.92. The van der Waals surface area contributed by atoms with Crippen molar-refractivity contribution in [2.75, 3.05) is 13.7 Å². The molecule has 1 amide bonds. The van der Waals surface area contributed by atoms with E-state index in [1.807, 2.05) is 31.2 Å². The van der Waals surface area contributed by atoms with Crippen LogP contribution in [-0.2, 0) is 4.79 Å². The third-order valence-electron chi connectivity index (χ3n) is 3.45. The minimum Gasteiger partial charge on any atom is -0.497 e. The number of carbonyl (C=O) groups is 1. The number of hydrogen-bond donors (Lipinski definition) is 1. The van der Waals surface area contributed by atoms with E-state index in [0.29, 0.717) is 5.75 Å². The molecule has 0 radical (unpaired) electrons. The molecule has 0 spiro atoms. The van der Waals surface area contributed by atoms with E-state index < -0.39 is 0 Å². The first-order valence-corrected chi connectivity index (χ1v) is 7.44. The van der Waals surface area contributed by atoms with E-state index in [0.717, 1.165) is 17.7 Å². The molecule has 1 atom stereocenters. The Bertz CT molecular complexity index is 626. The molecule has 2 aromatic rings. The number of ether oxygens (including phenoxy) is 2. The van der Waals surface area contributed by atoms with Gasteiger partial charge in [0.05, 0.1) is 13.2 Å². The monoisotopic (exact) mass is 317 g/mol. The van der Waals surface area contributed by atoms with E-state index in [-0.39, 0.29) is 24.4 Å². The summed E-state index contributed by atoms with van der Waals surface area (Å²) in [5.41, 5.74) is 1.00. The third-order valence-corrected chi connectivity index (χ3v) is 3.45. The Morgan fingerprint density at radius 3 is 2.26 bits per heavy atom. The summed E-state index contributed by atoms with van der Waals surface area (Å²) in [4.78, 5) is 12.0. The summed E-state index contributed by atoms with van der Waals surface area (Å²) in [6, 6.07) is 13.0. The van der Waals surface area contributed by atoms with Gasteiger partial charge in [-0.3, -0.25) is 4.79 Å². The largest absolute Gasteiger partial charge is 0.497 e. The summed E-state index contributed by atoms with van der Waals surface area (Å²) in [6.45, 7) is 1.88. The first kappa shape index (κ1) is 16.8. The molecule has 0 aromatic heterocycles. The van der Waals surface area contributed by atoms with Crippen molar-refractivity contribution >= 4 is 5.91 Å². The first-order valence-electron chi connectivity index (χ1n) is 7.44. The molecule has 0 fully saturated rings. The van der Waals surface area contributed by atoms with Crippen molar-refractivity contribution in [2.24, 2.45) is 0 Å². The van der Waals surface area contributed by atoms with Crippen LogP contribution in [0.2, 0.25) is 0 Å². The van der Waals surface area contributed by atoms with Crippen LogP contribution in [0.4, 0.5) is 4.39 Å². The maximum Gasteiger partial charge on any atom is 0.258 e. The van der Waals surface area contributed by atoms with Crippen molar-refractivity contribution in [3.05, 3.63) is 59.9 Å². The molecule has 2 aromatic carbocycles. The van der Waals surface area contributed by atoms with Crippen LogP contribution in [0.1, 0.15) is 24.9 Å². The molecule has 122 valence electrons. The average Bonchev–Trinajstić information content (AvgIpc) is 2.59. The van der Waals surface area contributed by atoms with Gasteiger partial charge in [0.25, 0.3) is 5.91 Å². The van der Waals surface area contributed by atoms with Gasteiger partial charge in [0.2, 0.25) is 0 Å². The van der Waals surface area contributed by atoms with Crippen molar-refractivity contribution < 1.29 is 18.7 Å². The quantitative estimate of drug-likeness (QED) is 0.850. The molecule has 0 aliphatic rings. The Morgan fingerprint density at radius 1 is 1.09 bits per heavy atom. The zero-order chi connectivity index (χ0) is 16.7. The number of halogens is 1. The summed E-state index contributed by atoms with van der Waals surface area (Å²) < 4.78 is 23.3. The fraction of sp³-hybridized carbons (Fsp3) is 0.278. The smallest absolute Gasteiger partial charge is 0.258 e. The van der Waals surface area contributed by atoms with Gasteiger partial charge in [-0.25, -0.2) is 4.39 Å². The molecule has 2 rings (SSSR count). The van der Waals surface area contributed by atoms with Gasteiger partial charge in [0.15, 0.2) is 6.61 Å². The summed E-state index contributed by atoms with van der Waals surface area (Å²) in [6.07, 6.45) is 0.759. The van der Waals surface area contributed by atoms with Crippen LogP contribution < -0.4 is 14.8 Å². The van der Waals surface area contributed by atoms with Gasteiger partial charge < -0.3 is 14.8 Å². The highest BCUT2D eigenvalue weighted by atomic mass is 19.1. The van der Waals surface area contributed by atoms with Gasteiger partial charge in [-0.05, 0) is 48.4 Å². The molecule has 0 bridgehead atoms. The van der Waals surface area contributed by atoms with Crippen LogP contribution >= 0.6 is 0 Å².